The highest BCUT2D eigenvalue weighted by Crippen LogP contribution is 2.74. The van der Waals surface area contributed by atoms with Crippen LogP contribution in [0.4, 0.5) is 0 Å². The van der Waals surface area contributed by atoms with E-state index in [9.17, 15) is 14.7 Å². The first-order valence-corrected chi connectivity index (χ1v) is 14.9. The lowest BCUT2D eigenvalue weighted by Crippen LogP contribution is -2.66. The monoisotopic (exact) mass is 532 g/mol. The topological polar surface area (TPSA) is 101 Å². The van der Waals surface area contributed by atoms with Gasteiger partial charge in [0.05, 0.1) is 18.4 Å². The molecule has 4 heterocycles. The maximum Gasteiger partial charge on any atom is 0.311 e. The quantitative estimate of drug-likeness (QED) is 0.361. The van der Waals surface area contributed by atoms with Crippen molar-refractivity contribution in [3.8, 4) is 0 Å². The molecule has 1 N–H and O–H groups in total. The Morgan fingerprint density at radius 2 is 1.63 bits per heavy atom. The molecule has 1 unspecified atom stereocenters. The van der Waals surface area contributed by atoms with Crippen LogP contribution in [0.2, 0.25) is 0 Å². The number of esters is 2. The molecule has 4 saturated heterocycles. The van der Waals surface area contributed by atoms with Crippen LogP contribution in [-0.2, 0) is 33.6 Å². The van der Waals surface area contributed by atoms with Crippen LogP contribution in [0.5, 0.6) is 0 Å². The molecule has 2 bridgehead atoms. The zero-order valence-electron chi connectivity index (χ0n) is 23.7. The summed E-state index contributed by atoms with van der Waals surface area (Å²) in [7, 11) is 0. The third kappa shape index (κ3) is 3.07. The van der Waals surface area contributed by atoms with E-state index in [1.165, 1.54) is 0 Å². The molecule has 7 fully saturated rings. The first-order valence-electron chi connectivity index (χ1n) is 14.9. The van der Waals surface area contributed by atoms with Gasteiger partial charge >= 0.3 is 11.9 Å². The lowest BCUT2D eigenvalue weighted by molar-refractivity contribution is -0.464. The minimum Gasteiger partial charge on any atom is -0.459 e. The van der Waals surface area contributed by atoms with Crippen molar-refractivity contribution < 1.29 is 38.7 Å². The SMILES string of the molecule is C[C@@H]1C[C@]2(C[C@H](C)C3[C@@H](C[C@]4(C)[C@@H]5CC[C@@H]6C(C)(C)OC(=O)C[C@H]7OO[C@]5(CC[C@]34C)C[C@]67O)O2)OC1=O. The Kier molecular flexibility index (Phi) is 5.10. The maximum atomic E-state index is 12.6. The van der Waals surface area contributed by atoms with E-state index in [4.69, 9.17) is 24.0 Å². The zero-order chi connectivity index (χ0) is 27.1. The third-order valence-corrected chi connectivity index (χ3v) is 12.8. The summed E-state index contributed by atoms with van der Waals surface area (Å²) < 4.78 is 18.6. The lowest BCUT2D eigenvalue weighted by atomic mass is 9.46. The van der Waals surface area contributed by atoms with E-state index >= 15 is 0 Å². The van der Waals surface area contributed by atoms with Crippen molar-refractivity contribution in [1.29, 1.82) is 0 Å². The Labute approximate surface area is 225 Å². The summed E-state index contributed by atoms with van der Waals surface area (Å²) in [5.41, 5.74) is -2.72. The van der Waals surface area contributed by atoms with Crippen molar-refractivity contribution in [3.63, 3.8) is 0 Å². The molecule has 7 rings (SSSR count). The normalized spacial score (nSPS) is 58.7. The van der Waals surface area contributed by atoms with Gasteiger partial charge in [-0.2, -0.15) is 0 Å². The number of hydrogen-bond acceptors (Lipinski definition) is 8. The minimum absolute atomic E-state index is 0.000881. The second kappa shape index (κ2) is 7.54. The highest BCUT2D eigenvalue weighted by atomic mass is 17.2. The second-order valence-corrected chi connectivity index (χ2v) is 15.2. The summed E-state index contributed by atoms with van der Waals surface area (Å²) in [6.45, 7) is 13.0. The number of ether oxygens (including phenoxy) is 3. The summed E-state index contributed by atoms with van der Waals surface area (Å²) in [5.74, 6) is -0.798. The Morgan fingerprint density at radius 1 is 0.895 bits per heavy atom. The molecule has 212 valence electrons. The summed E-state index contributed by atoms with van der Waals surface area (Å²) >= 11 is 0. The van der Waals surface area contributed by atoms with Crippen LogP contribution < -0.4 is 0 Å². The molecular formula is C30H44O8. The van der Waals surface area contributed by atoms with E-state index < -0.39 is 28.7 Å². The van der Waals surface area contributed by atoms with Crippen LogP contribution in [0.3, 0.4) is 0 Å². The number of cyclic esters (lactones) is 1. The van der Waals surface area contributed by atoms with Gasteiger partial charge < -0.3 is 19.3 Å². The molecule has 0 aromatic carbocycles. The fourth-order valence-corrected chi connectivity index (χ4v) is 11.3. The highest BCUT2D eigenvalue weighted by molar-refractivity contribution is 5.74. The minimum atomic E-state index is -1.19. The molecule has 8 heteroatoms. The molecule has 0 amide bonds. The standard InChI is InChI=1S/C30H44O8/c1-16-12-29(13-17(2)24(32)36-29)34-18-14-27(6)20-8-7-19-25(3,4)35-22(31)11-21-30(19,33)15-28(20,38-37-21)10-9-26(27,5)23(16)18/h16-21,23,33H,7-15H2,1-6H3/t16-,17+,18+,19+,20-,21+,23?,26+,27+,28+,29-,30-/m0/s1. The van der Waals surface area contributed by atoms with Crippen molar-refractivity contribution in [3.05, 3.63) is 0 Å². The molecule has 8 nitrogen and oxygen atoms in total. The summed E-state index contributed by atoms with van der Waals surface area (Å²) in [6, 6.07) is 0. The predicted octanol–water partition coefficient (Wildman–Crippen LogP) is 4.46. The van der Waals surface area contributed by atoms with Crippen molar-refractivity contribution in [2.75, 3.05) is 0 Å². The molecule has 3 saturated carbocycles. The van der Waals surface area contributed by atoms with Gasteiger partial charge in [-0.15, -0.1) is 0 Å². The van der Waals surface area contributed by atoms with Gasteiger partial charge in [-0.25, -0.2) is 9.78 Å². The van der Waals surface area contributed by atoms with E-state index in [2.05, 4.69) is 20.8 Å². The van der Waals surface area contributed by atoms with Gasteiger partial charge in [0, 0.05) is 25.2 Å². The molecule has 12 atom stereocenters. The van der Waals surface area contributed by atoms with Gasteiger partial charge in [-0.05, 0) is 74.5 Å². The summed E-state index contributed by atoms with van der Waals surface area (Å²) in [4.78, 5) is 37.4. The smallest absolute Gasteiger partial charge is 0.311 e. The van der Waals surface area contributed by atoms with Gasteiger partial charge in [0.15, 0.2) is 0 Å². The summed E-state index contributed by atoms with van der Waals surface area (Å²) in [5, 5.41) is 12.3. The number of hydrogen-bond donors (Lipinski definition) is 1. The van der Waals surface area contributed by atoms with Crippen LogP contribution in [0.15, 0.2) is 0 Å². The van der Waals surface area contributed by atoms with Crippen molar-refractivity contribution in [2.45, 2.75) is 134 Å². The van der Waals surface area contributed by atoms with Crippen molar-refractivity contribution in [2.24, 2.45) is 40.4 Å². The van der Waals surface area contributed by atoms with Crippen LogP contribution in [0.25, 0.3) is 0 Å². The van der Waals surface area contributed by atoms with E-state index in [0.29, 0.717) is 24.7 Å². The van der Waals surface area contributed by atoms with Crippen LogP contribution in [0, 0.1) is 40.4 Å². The molecule has 3 aliphatic carbocycles. The van der Waals surface area contributed by atoms with Crippen molar-refractivity contribution in [1.82, 2.24) is 0 Å². The molecule has 2 spiro atoms. The first kappa shape index (κ1) is 25.7. The van der Waals surface area contributed by atoms with Gasteiger partial charge in [0.1, 0.15) is 22.9 Å². The molecule has 38 heavy (non-hydrogen) atoms. The van der Waals surface area contributed by atoms with Gasteiger partial charge in [-0.1, -0.05) is 27.7 Å². The Hall–Kier alpha value is -1.22. The maximum absolute atomic E-state index is 12.6. The number of fused-ring (bicyclic) bond motifs is 4. The van der Waals surface area contributed by atoms with E-state index in [1.807, 2.05) is 20.8 Å². The van der Waals surface area contributed by atoms with Gasteiger partial charge in [0.25, 0.3) is 0 Å². The highest BCUT2D eigenvalue weighted by Gasteiger charge is 2.75. The van der Waals surface area contributed by atoms with E-state index in [-0.39, 0.29) is 53.0 Å². The largest absolute Gasteiger partial charge is 0.459 e. The fraction of sp³-hybridized carbons (Fsp3) is 0.933. The lowest BCUT2D eigenvalue weighted by Gasteiger charge is -2.62. The molecule has 7 aliphatic rings. The Balaban J connectivity index is 1.27. The van der Waals surface area contributed by atoms with Gasteiger partial charge in [-0.3, -0.25) is 9.59 Å². The third-order valence-electron chi connectivity index (χ3n) is 12.8. The number of rotatable bonds is 0. The molecule has 0 radical (unpaired) electrons. The van der Waals surface area contributed by atoms with Crippen LogP contribution in [0.1, 0.15) is 99.3 Å². The molecule has 0 aromatic heterocycles. The first-order chi connectivity index (χ1) is 17.7. The predicted molar refractivity (Wildman–Crippen MR) is 134 cm³/mol. The van der Waals surface area contributed by atoms with E-state index in [1.54, 1.807) is 0 Å². The van der Waals surface area contributed by atoms with Crippen LogP contribution >= 0.6 is 0 Å². The van der Waals surface area contributed by atoms with Crippen LogP contribution in [-0.4, -0.2) is 51.8 Å². The average Bonchev–Trinajstić information content (AvgIpc) is 3.11. The van der Waals surface area contributed by atoms with E-state index in [0.717, 1.165) is 38.5 Å². The number of carbonyl (C=O) groups is 2. The van der Waals surface area contributed by atoms with Crippen molar-refractivity contribution >= 4 is 11.9 Å². The Morgan fingerprint density at radius 3 is 2.34 bits per heavy atom. The average molecular weight is 533 g/mol. The van der Waals surface area contributed by atoms with Gasteiger partial charge in [0.2, 0.25) is 5.79 Å². The molecule has 4 aliphatic heterocycles. The fourth-order valence-electron chi connectivity index (χ4n) is 11.3. The summed E-state index contributed by atoms with van der Waals surface area (Å²) in [6.07, 6.45) is 5.33. The molecule has 0 aromatic rings. The second-order valence-electron chi connectivity index (χ2n) is 15.2. The number of carbonyl (C=O) groups excluding carboxylic acids is 2. The zero-order valence-corrected chi connectivity index (χ0v) is 23.7. The number of aliphatic hydroxyl groups is 1. The molecular weight excluding hydrogens is 488 g/mol. The Bertz CT molecular complexity index is 1070.